The number of pyridine rings is 1. The lowest BCUT2D eigenvalue weighted by Crippen LogP contribution is -2.58. The van der Waals surface area contributed by atoms with Gasteiger partial charge in [0.25, 0.3) is 17.7 Å². The number of piperidine rings is 1. The molecule has 3 fully saturated rings. The number of hydrogen-bond donors (Lipinski definition) is 3. The van der Waals surface area contributed by atoms with Crippen LogP contribution in [0.4, 0.5) is 30.8 Å². The Bertz CT molecular complexity index is 2200. The number of aromatic amines is 1. The predicted molar refractivity (Wildman–Crippen MR) is 203 cm³/mol. The van der Waals surface area contributed by atoms with Crippen LogP contribution >= 0.6 is 11.6 Å². The van der Waals surface area contributed by atoms with E-state index in [1.54, 1.807) is 30.5 Å². The summed E-state index contributed by atoms with van der Waals surface area (Å²) < 4.78 is 30.3. The molecule has 0 aliphatic carbocycles. The van der Waals surface area contributed by atoms with Crippen LogP contribution in [0.3, 0.4) is 0 Å². The molecular formula is C38H37ClF2N10O6. The predicted octanol–water partition coefficient (Wildman–Crippen LogP) is 4.38. The summed E-state index contributed by atoms with van der Waals surface area (Å²) in [5.41, 5.74) is -0.705. The minimum atomic E-state index is -3.85. The number of amides is 6. The molecule has 19 heteroatoms. The van der Waals surface area contributed by atoms with Crippen molar-refractivity contribution in [2.24, 2.45) is 5.92 Å². The van der Waals surface area contributed by atoms with Crippen LogP contribution in [0.5, 0.6) is 5.75 Å². The highest BCUT2D eigenvalue weighted by Gasteiger charge is 2.45. The SMILES string of the molecule is O=C1CCN(N2C(=O)c3cccc(N4CCC(CN5CCN(c6ncc(C(=O)Nc7ccc(OC(F)(F)Cl)cc7)cc6-c6cc[nH]n6)CC5)CC4)c3C2=O)C(=O)N1. The molecule has 57 heavy (non-hydrogen) atoms. The summed E-state index contributed by atoms with van der Waals surface area (Å²) in [7, 11) is 0. The molecule has 8 rings (SSSR count). The third-order valence-electron chi connectivity index (χ3n) is 10.5. The molecule has 16 nitrogen and oxygen atoms in total. The summed E-state index contributed by atoms with van der Waals surface area (Å²) in [6.07, 6.45) is 4.97. The number of carbonyl (C=O) groups excluding carboxylic acids is 5. The zero-order chi connectivity index (χ0) is 39.8. The van der Waals surface area contributed by atoms with Crippen molar-refractivity contribution < 1.29 is 37.5 Å². The van der Waals surface area contributed by atoms with Crippen LogP contribution in [0.2, 0.25) is 0 Å². The summed E-state index contributed by atoms with van der Waals surface area (Å²) in [6.45, 7) is 5.26. The lowest BCUT2D eigenvalue weighted by molar-refractivity contribution is -0.122. The van der Waals surface area contributed by atoms with E-state index >= 15 is 0 Å². The Morgan fingerprint density at radius 2 is 1.67 bits per heavy atom. The molecular weight excluding hydrogens is 766 g/mol. The van der Waals surface area contributed by atoms with Crippen molar-refractivity contribution in [1.82, 2.24) is 35.4 Å². The monoisotopic (exact) mass is 802 g/mol. The minimum Gasteiger partial charge on any atom is -0.420 e. The van der Waals surface area contributed by atoms with Gasteiger partial charge >= 0.3 is 11.6 Å². The highest BCUT2D eigenvalue weighted by Crippen LogP contribution is 2.36. The number of ether oxygens (including phenoxy) is 1. The van der Waals surface area contributed by atoms with Gasteiger partial charge in [0, 0.05) is 87.5 Å². The van der Waals surface area contributed by atoms with Crippen molar-refractivity contribution in [3.8, 4) is 17.0 Å². The Morgan fingerprint density at radius 3 is 2.35 bits per heavy atom. The fraction of sp³-hybridized carbons (Fsp3) is 0.342. The molecule has 6 heterocycles. The van der Waals surface area contributed by atoms with Crippen LogP contribution in [0.1, 0.15) is 50.3 Å². The van der Waals surface area contributed by atoms with Gasteiger partial charge in [0.1, 0.15) is 11.6 Å². The van der Waals surface area contributed by atoms with Crippen molar-refractivity contribution in [2.75, 3.05) is 67.5 Å². The van der Waals surface area contributed by atoms with Gasteiger partial charge in [0.2, 0.25) is 5.91 Å². The summed E-state index contributed by atoms with van der Waals surface area (Å²) in [5.74, 6) is -1.08. The van der Waals surface area contributed by atoms with E-state index in [2.05, 4.69) is 40.3 Å². The minimum absolute atomic E-state index is 0.00630. The summed E-state index contributed by atoms with van der Waals surface area (Å²) >= 11 is 4.83. The zero-order valence-electron chi connectivity index (χ0n) is 30.4. The number of carbonyl (C=O) groups is 5. The van der Waals surface area contributed by atoms with E-state index in [4.69, 9.17) is 16.6 Å². The lowest BCUT2D eigenvalue weighted by atomic mass is 9.94. The molecule has 0 radical (unpaired) electrons. The van der Waals surface area contributed by atoms with E-state index in [0.717, 1.165) is 42.5 Å². The number of nitrogens with zero attached hydrogens (tertiary/aromatic N) is 7. The van der Waals surface area contributed by atoms with Crippen LogP contribution in [0.25, 0.3) is 11.3 Å². The van der Waals surface area contributed by atoms with Crippen LogP contribution in [0, 0.1) is 5.92 Å². The molecule has 4 aromatic rings. The van der Waals surface area contributed by atoms with Crippen LogP contribution in [0.15, 0.2) is 67.0 Å². The Kier molecular flexibility index (Phi) is 10.2. The average molecular weight is 803 g/mol. The standard InChI is InChI=1S/C38H37ClF2N10O6/c39-38(40,41)57-26-6-4-25(5-7-26)44-34(53)24-20-28(29-8-12-43-46-29)33(42-21-24)49-18-16-47(17-19-49)22-23-9-13-48(14-10-23)30-3-1-2-27-32(30)36(55)51(35(27)54)50-15-11-31(52)45-37(50)56/h1-8,12,20-21,23H,9-11,13-19,22H2,(H,43,46)(H,44,53)(H,45,52,56). The number of fused-ring (bicyclic) bond motifs is 1. The van der Waals surface area contributed by atoms with Crippen molar-refractivity contribution >= 4 is 58.5 Å². The first-order valence-corrected chi connectivity index (χ1v) is 18.8. The molecule has 0 unspecified atom stereocenters. The number of piperazine rings is 1. The molecule has 4 aliphatic heterocycles. The topological polar surface area (TPSA) is 176 Å². The Hall–Kier alpha value is -6.14. The van der Waals surface area contributed by atoms with Gasteiger partial charge in [-0.25, -0.2) is 14.8 Å². The molecule has 2 aromatic carbocycles. The quantitative estimate of drug-likeness (QED) is 0.153. The number of rotatable bonds is 10. The van der Waals surface area contributed by atoms with Crippen molar-refractivity contribution in [3.05, 3.63) is 83.7 Å². The molecule has 0 bridgehead atoms. The number of H-pyrrole nitrogens is 1. The van der Waals surface area contributed by atoms with Gasteiger partial charge in [-0.15, -0.1) is 8.78 Å². The number of benzene rings is 2. The molecule has 3 saturated heterocycles. The van der Waals surface area contributed by atoms with Crippen LogP contribution in [-0.4, -0.2) is 118 Å². The number of hydrogen-bond acceptors (Lipinski definition) is 11. The largest absolute Gasteiger partial charge is 0.487 e. The van der Waals surface area contributed by atoms with Crippen molar-refractivity contribution in [1.29, 1.82) is 0 Å². The van der Waals surface area contributed by atoms with E-state index in [-0.39, 0.29) is 35.4 Å². The number of nitrogens with one attached hydrogen (secondary N) is 3. The maximum Gasteiger partial charge on any atom is 0.487 e. The second-order valence-corrected chi connectivity index (χ2v) is 14.6. The fourth-order valence-electron chi connectivity index (χ4n) is 7.72. The fourth-order valence-corrected chi connectivity index (χ4v) is 7.81. The highest BCUT2D eigenvalue weighted by atomic mass is 35.5. The number of halogens is 3. The van der Waals surface area contributed by atoms with E-state index < -0.39 is 35.2 Å². The smallest absolute Gasteiger partial charge is 0.420 e. The highest BCUT2D eigenvalue weighted by molar-refractivity contribution is 6.24. The molecule has 296 valence electrons. The van der Waals surface area contributed by atoms with Crippen molar-refractivity contribution in [2.45, 2.75) is 24.8 Å². The number of hydrazine groups is 1. The number of urea groups is 1. The van der Waals surface area contributed by atoms with Gasteiger partial charge in [0.15, 0.2) is 0 Å². The van der Waals surface area contributed by atoms with Gasteiger partial charge in [-0.05, 0) is 67.3 Å². The Balaban J connectivity index is 0.868. The Labute approximate surface area is 329 Å². The summed E-state index contributed by atoms with van der Waals surface area (Å²) in [6, 6.07) is 13.3. The lowest BCUT2D eigenvalue weighted by Gasteiger charge is -2.40. The third kappa shape index (κ3) is 7.95. The first-order valence-electron chi connectivity index (χ1n) is 18.4. The van der Waals surface area contributed by atoms with E-state index in [1.165, 1.54) is 30.5 Å². The van der Waals surface area contributed by atoms with Crippen LogP contribution < -0.4 is 25.2 Å². The second kappa shape index (κ2) is 15.4. The van der Waals surface area contributed by atoms with Gasteiger partial charge < -0.3 is 19.9 Å². The average Bonchev–Trinajstić information content (AvgIpc) is 3.82. The maximum atomic E-state index is 13.6. The number of imide groups is 2. The normalized spacial score (nSPS) is 18.2. The molecule has 4 aliphatic rings. The first-order chi connectivity index (χ1) is 27.4. The molecule has 3 N–H and O–H groups in total. The maximum absolute atomic E-state index is 13.6. The molecule has 0 spiro atoms. The van der Waals surface area contributed by atoms with Crippen molar-refractivity contribution in [3.63, 3.8) is 0 Å². The third-order valence-corrected chi connectivity index (χ3v) is 10.6. The molecule has 6 amide bonds. The molecule has 0 saturated carbocycles. The zero-order valence-corrected chi connectivity index (χ0v) is 31.2. The summed E-state index contributed by atoms with van der Waals surface area (Å²) in [4.78, 5) is 75.7. The number of aromatic nitrogens is 3. The second-order valence-electron chi connectivity index (χ2n) is 14.1. The van der Waals surface area contributed by atoms with E-state index in [0.29, 0.717) is 60.5 Å². The Morgan fingerprint density at radius 1 is 0.912 bits per heavy atom. The first kappa shape index (κ1) is 37.8. The van der Waals surface area contributed by atoms with Gasteiger partial charge in [-0.1, -0.05) is 6.07 Å². The van der Waals surface area contributed by atoms with Gasteiger partial charge in [-0.3, -0.25) is 34.5 Å². The number of alkyl halides is 3. The van der Waals surface area contributed by atoms with Gasteiger partial charge in [0.05, 0.1) is 34.6 Å². The van der Waals surface area contributed by atoms with Gasteiger partial charge in [-0.2, -0.15) is 10.1 Å². The van der Waals surface area contributed by atoms with E-state index in [9.17, 15) is 32.8 Å². The summed E-state index contributed by atoms with van der Waals surface area (Å²) in [5, 5.41) is 13.9. The van der Waals surface area contributed by atoms with Crippen LogP contribution in [-0.2, 0) is 4.79 Å². The number of anilines is 3. The van der Waals surface area contributed by atoms with E-state index in [1.807, 2.05) is 6.07 Å². The molecule has 0 atom stereocenters. The molecule has 2 aromatic heterocycles.